The molecule has 0 aliphatic heterocycles. The fourth-order valence-corrected chi connectivity index (χ4v) is 1.55. The van der Waals surface area contributed by atoms with E-state index in [9.17, 15) is 4.79 Å². The summed E-state index contributed by atoms with van der Waals surface area (Å²) < 4.78 is 15.3. The molecule has 5 heteroatoms. The summed E-state index contributed by atoms with van der Waals surface area (Å²) in [6, 6.07) is 9.98. The Morgan fingerprint density at radius 1 is 1.35 bits per heavy atom. The summed E-state index contributed by atoms with van der Waals surface area (Å²) in [4.78, 5) is 11.8. The number of allylic oxidation sites excluding steroid dienone is 1. The quantitative estimate of drug-likeness (QED) is 0.484. The second-order valence-electron chi connectivity index (χ2n) is 3.74. The number of nitriles is 1. The molecular formula is C15H11NO4. The molecule has 0 saturated carbocycles. The number of methoxy groups -OCH3 is 1. The van der Waals surface area contributed by atoms with Crippen LogP contribution in [0, 0.1) is 11.3 Å². The molecule has 5 nitrogen and oxygen atoms in total. The van der Waals surface area contributed by atoms with Gasteiger partial charge >= 0.3 is 5.97 Å². The summed E-state index contributed by atoms with van der Waals surface area (Å²) in [5.41, 5.74) is 0.765. The maximum absolute atomic E-state index is 11.8. The number of rotatable bonds is 4. The number of furan rings is 1. The van der Waals surface area contributed by atoms with E-state index in [1.54, 1.807) is 30.3 Å². The van der Waals surface area contributed by atoms with Crippen molar-refractivity contribution >= 4 is 12.0 Å². The average molecular weight is 269 g/mol. The summed E-state index contributed by atoms with van der Waals surface area (Å²) >= 11 is 0. The minimum absolute atomic E-state index is 0.112. The first kappa shape index (κ1) is 13.4. The summed E-state index contributed by atoms with van der Waals surface area (Å²) in [5.74, 6) is 0.183. The second kappa shape index (κ2) is 6.25. The maximum Gasteiger partial charge on any atom is 0.379 e. The Bertz CT molecular complexity index is 666. The highest BCUT2D eigenvalue weighted by Crippen LogP contribution is 2.29. The number of carbonyl (C=O) groups excluding carboxylic acids is 1. The van der Waals surface area contributed by atoms with Gasteiger partial charge in [0.25, 0.3) is 0 Å². The van der Waals surface area contributed by atoms with Crippen molar-refractivity contribution in [1.82, 2.24) is 0 Å². The van der Waals surface area contributed by atoms with Crippen molar-refractivity contribution < 1.29 is 18.7 Å². The van der Waals surface area contributed by atoms with Crippen molar-refractivity contribution in [2.75, 3.05) is 7.11 Å². The maximum atomic E-state index is 11.8. The molecule has 100 valence electrons. The van der Waals surface area contributed by atoms with E-state index in [1.165, 1.54) is 25.5 Å². The molecule has 1 aromatic carbocycles. The average Bonchev–Trinajstić information content (AvgIpc) is 3.00. The molecular weight excluding hydrogens is 258 g/mol. The number of hydrogen-bond acceptors (Lipinski definition) is 5. The largest absolute Gasteiger partial charge is 0.493 e. The molecule has 0 aliphatic carbocycles. The Balaban J connectivity index is 2.22. The van der Waals surface area contributed by atoms with Crippen LogP contribution in [0.5, 0.6) is 11.5 Å². The van der Waals surface area contributed by atoms with Crippen LogP contribution < -0.4 is 9.47 Å². The van der Waals surface area contributed by atoms with Gasteiger partial charge in [-0.05, 0) is 35.9 Å². The van der Waals surface area contributed by atoms with Crippen LogP contribution in [0.25, 0.3) is 6.08 Å². The molecule has 0 unspecified atom stereocenters. The fourth-order valence-electron chi connectivity index (χ4n) is 1.55. The van der Waals surface area contributed by atoms with Crippen molar-refractivity contribution in [3.05, 3.63) is 54.0 Å². The van der Waals surface area contributed by atoms with E-state index in [2.05, 4.69) is 0 Å². The molecule has 2 aromatic rings. The van der Waals surface area contributed by atoms with Gasteiger partial charge in [0.15, 0.2) is 11.5 Å². The van der Waals surface area contributed by atoms with E-state index in [-0.39, 0.29) is 11.5 Å². The van der Waals surface area contributed by atoms with Crippen molar-refractivity contribution in [3.63, 3.8) is 0 Å². The number of esters is 1. The topological polar surface area (TPSA) is 72.5 Å². The zero-order valence-corrected chi connectivity index (χ0v) is 10.7. The number of ether oxygens (including phenoxy) is 2. The highest BCUT2D eigenvalue weighted by Gasteiger charge is 2.14. The van der Waals surface area contributed by atoms with Crippen LogP contribution in [0.1, 0.15) is 16.1 Å². The normalized spacial score (nSPS) is 10.2. The lowest BCUT2D eigenvalue weighted by atomic mass is 10.2. The Morgan fingerprint density at radius 3 is 2.85 bits per heavy atom. The SMILES string of the molecule is COc1cc(/C=C\C#N)ccc1OC(=O)c1ccco1. The number of benzene rings is 1. The van der Waals surface area contributed by atoms with Crippen LogP contribution in [0.15, 0.2) is 47.1 Å². The van der Waals surface area contributed by atoms with E-state index < -0.39 is 5.97 Å². The van der Waals surface area contributed by atoms with Gasteiger partial charge in [0, 0.05) is 6.08 Å². The van der Waals surface area contributed by atoms with Gasteiger partial charge in [0.2, 0.25) is 5.76 Å². The molecule has 1 aromatic heterocycles. The van der Waals surface area contributed by atoms with Crippen LogP contribution in [0.4, 0.5) is 0 Å². The third-order valence-corrected chi connectivity index (χ3v) is 2.46. The van der Waals surface area contributed by atoms with Crippen LogP contribution in [-0.4, -0.2) is 13.1 Å². The molecule has 0 atom stereocenters. The molecule has 20 heavy (non-hydrogen) atoms. The van der Waals surface area contributed by atoms with Gasteiger partial charge in [0.1, 0.15) is 0 Å². The molecule has 0 aliphatic rings. The van der Waals surface area contributed by atoms with Gasteiger partial charge in [0.05, 0.1) is 19.4 Å². The first-order valence-corrected chi connectivity index (χ1v) is 5.74. The molecule has 0 bridgehead atoms. The van der Waals surface area contributed by atoms with E-state index in [4.69, 9.17) is 19.2 Å². The van der Waals surface area contributed by atoms with Gasteiger partial charge in [-0.25, -0.2) is 4.79 Å². The van der Waals surface area contributed by atoms with E-state index >= 15 is 0 Å². The van der Waals surface area contributed by atoms with E-state index in [1.807, 2.05) is 6.07 Å². The molecule has 1 heterocycles. The first-order chi connectivity index (χ1) is 9.74. The molecule has 0 N–H and O–H groups in total. The first-order valence-electron chi connectivity index (χ1n) is 5.74. The molecule has 0 radical (unpaired) electrons. The van der Waals surface area contributed by atoms with E-state index in [0.29, 0.717) is 5.75 Å². The monoisotopic (exact) mass is 269 g/mol. The summed E-state index contributed by atoms with van der Waals surface area (Å²) in [6.45, 7) is 0. The van der Waals surface area contributed by atoms with Gasteiger partial charge in [-0.15, -0.1) is 0 Å². The van der Waals surface area contributed by atoms with Crippen molar-refractivity contribution in [2.24, 2.45) is 0 Å². The lowest BCUT2D eigenvalue weighted by Crippen LogP contribution is -2.08. The van der Waals surface area contributed by atoms with Crippen molar-refractivity contribution in [2.45, 2.75) is 0 Å². The summed E-state index contributed by atoms with van der Waals surface area (Å²) in [6.07, 6.45) is 4.37. The highest BCUT2D eigenvalue weighted by atomic mass is 16.6. The molecule has 0 fully saturated rings. The molecule has 0 spiro atoms. The van der Waals surface area contributed by atoms with Crippen LogP contribution >= 0.6 is 0 Å². The molecule has 0 saturated heterocycles. The molecule has 2 rings (SSSR count). The predicted molar refractivity (Wildman–Crippen MR) is 71.3 cm³/mol. The van der Waals surface area contributed by atoms with Crippen molar-refractivity contribution in [3.8, 4) is 17.6 Å². The number of carbonyl (C=O) groups is 1. The van der Waals surface area contributed by atoms with Crippen LogP contribution in [-0.2, 0) is 0 Å². The minimum atomic E-state index is -0.603. The van der Waals surface area contributed by atoms with Gasteiger partial charge in [-0.2, -0.15) is 5.26 Å². The third kappa shape index (κ3) is 3.06. The van der Waals surface area contributed by atoms with Gasteiger partial charge in [-0.3, -0.25) is 0 Å². The van der Waals surface area contributed by atoms with Gasteiger partial charge < -0.3 is 13.9 Å². The summed E-state index contributed by atoms with van der Waals surface area (Å²) in [7, 11) is 1.47. The zero-order chi connectivity index (χ0) is 14.4. The fraction of sp³-hybridized carbons (Fsp3) is 0.0667. The Morgan fingerprint density at radius 2 is 2.20 bits per heavy atom. The molecule has 0 amide bonds. The van der Waals surface area contributed by atoms with Crippen molar-refractivity contribution in [1.29, 1.82) is 5.26 Å². The van der Waals surface area contributed by atoms with E-state index in [0.717, 1.165) is 5.56 Å². The standard InChI is InChI=1S/C15H11NO4/c1-18-14-10-11(4-2-8-16)6-7-12(14)20-15(17)13-5-3-9-19-13/h2-7,9-10H,1H3/b4-2-. The predicted octanol–water partition coefficient (Wildman–Crippen LogP) is 3.04. The Hall–Kier alpha value is -3.00. The third-order valence-electron chi connectivity index (χ3n) is 2.46. The lowest BCUT2D eigenvalue weighted by molar-refractivity contribution is 0.0696. The second-order valence-corrected chi connectivity index (χ2v) is 3.74. The Kier molecular flexibility index (Phi) is 4.20. The number of hydrogen-bond donors (Lipinski definition) is 0. The minimum Gasteiger partial charge on any atom is -0.493 e. The summed E-state index contributed by atoms with van der Waals surface area (Å²) in [5, 5.41) is 8.49. The zero-order valence-electron chi connectivity index (χ0n) is 10.7. The highest BCUT2D eigenvalue weighted by molar-refractivity contribution is 5.88. The lowest BCUT2D eigenvalue weighted by Gasteiger charge is -2.08. The van der Waals surface area contributed by atoms with Crippen LogP contribution in [0.2, 0.25) is 0 Å². The Labute approximate surface area is 115 Å². The number of nitrogens with zero attached hydrogens (tertiary/aromatic N) is 1. The van der Waals surface area contributed by atoms with Crippen LogP contribution in [0.3, 0.4) is 0 Å². The smallest absolute Gasteiger partial charge is 0.379 e. The van der Waals surface area contributed by atoms with Gasteiger partial charge in [-0.1, -0.05) is 6.07 Å².